The van der Waals surface area contributed by atoms with Crippen LogP contribution in [0.3, 0.4) is 0 Å². The van der Waals surface area contributed by atoms with E-state index < -0.39 is 24.0 Å². The van der Waals surface area contributed by atoms with Crippen molar-refractivity contribution in [3.63, 3.8) is 0 Å². The molecule has 26 heavy (non-hydrogen) atoms. The average Bonchev–Trinajstić information content (AvgIpc) is 2.61. The fourth-order valence-electron chi connectivity index (χ4n) is 2.42. The predicted molar refractivity (Wildman–Crippen MR) is 96.1 cm³/mol. The van der Waals surface area contributed by atoms with Crippen LogP contribution in [0.2, 0.25) is 10.0 Å². The summed E-state index contributed by atoms with van der Waals surface area (Å²) in [5.74, 6) is -1.24. The van der Waals surface area contributed by atoms with E-state index in [-0.39, 0.29) is 35.1 Å². The van der Waals surface area contributed by atoms with Gasteiger partial charge in [0.25, 0.3) is 0 Å². The van der Waals surface area contributed by atoms with E-state index in [9.17, 15) is 14.4 Å². The lowest BCUT2D eigenvalue weighted by atomic mass is 10.0. The van der Waals surface area contributed by atoms with Gasteiger partial charge in [-0.1, -0.05) is 30.1 Å². The van der Waals surface area contributed by atoms with Gasteiger partial charge in [-0.3, -0.25) is 0 Å². The molecule has 0 unspecified atom stereocenters. The minimum atomic E-state index is -0.667. The number of carbonyl (C=O) groups is 3. The Hall–Kier alpha value is -2.25. The summed E-state index contributed by atoms with van der Waals surface area (Å²) in [6, 6.07) is 3.31. The summed E-state index contributed by atoms with van der Waals surface area (Å²) in [5.41, 5.74) is 0.619. The third-order valence-corrected chi connectivity index (χ3v) is 4.39. The van der Waals surface area contributed by atoms with Crippen molar-refractivity contribution in [2.24, 2.45) is 0 Å². The molecule has 0 aromatic heterocycles. The Morgan fingerprint density at radius 3 is 2.46 bits per heavy atom. The molecule has 0 aliphatic carbocycles. The molecule has 7 nitrogen and oxygen atoms in total. The van der Waals surface area contributed by atoms with Gasteiger partial charge in [-0.2, -0.15) is 0 Å². The van der Waals surface area contributed by atoms with Crippen LogP contribution < -0.4 is 10.6 Å². The van der Waals surface area contributed by atoms with Gasteiger partial charge in [-0.25, -0.2) is 14.4 Å². The number of hydrogen-bond acceptors (Lipinski definition) is 5. The molecule has 0 saturated carbocycles. The monoisotopic (exact) mass is 400 g/mol. The topological polar surface area (TPSA) is 93.7 Å². The summed E-state index contributed by atoms with van der Waals surface area (Å²) < 4.78 is 10.3. The van der Waals surface area contributed by atoms with Crippen molar-refractivity contribution < 1.29 is 23.9 Å². The van der Waals surface area contributed by atoms with Crippen molar-refractivity contribution in [2.75, 3.05) is 13.2 Å². The van der Waals surface area contributed by atoms with Crippen LogP contribution in [0.5, 0.6) is 0 Å². The van der Waals surface area contributed by atoms with Gasteiger partial charge in [0.1, 0.15) is 6.61 Å². The number of halogens is 2. The van der Waals surface area contributed by atoms with E-state index >= 15 is 0 Å². The van der Waals surface area contributed by atoms with E-state index in [1.807, 2.05) is 6.92 Å². The number of nitrogens with one attached hydrogen (secondary N) is 2. The first kappa shape index (κ1) is 20.1. The fourth-order valence-corrected chi connectivity index (χ4v) is 2.72. The number of urea groups is 1. The Kier molecular flexibility index (Phi) is 6.88. The number of carbonyl (C=O) groups excluding carboxylic acids is 3. The first-order valence-electron chi connectivity index (χ1n) is 7.97. The molecule has 1 aromatic carbocycles. The number of esters is 2. The highest BCUT2D eigenvalue weighted by Crippen LogP contribution is 2.23. The Balaban J connectivity index is 2.21. The molecule has 0 fully saturated rings. The molecular weight excluding hydrogens is 383 g/mol. The molecule has 140 valence electrons. The van der Waals surface area contributed by atoms with Gasteiger partial charge in [-0.05, 0) is 31.5 Å². The minimum Gasteiger partial charge on any atom is -0.463 e. The lowest BCUT2D eigenvalue weighted by Crippen LogP contribution is -2.51. The molecule has 1 heterocycles. The van der Waals surface area contributed by atoms with Crippen LogP contribution in [0.15, 0.2) is 29.5 Å². The van der Waals surface area contributed by atoms with E-state index in [0.717, 1.165) is 0 Å². The molecule has 0 spiro atoms. The molecule has 2 N–H and O–H groups in total. The Bertz CT molecular complexity index is 764. The first-order chi connectivity index (χ1) is 12.4. The van der Waals surface area contributed by atoms with Crippen molar-refractivity contribution in [1.82, 2.24) is 10.6 Å². The number of amides is 2. The van der Waals surface area contributed by atoms with E-state index in [2.05, 4.69) is 10.6 Å². The number of ether oxygens (including phenoxy) is 2. The predicted octanol–water partition coefficient (Wildman–Crippen LogP) is 3.06. The third kappa shape index (κ3) is 4.68. The highest BCUT2D eigenvalue weighted by atomic mass is 35.5. The molecule has 0 saturated heterocycles. The second-order valence-electron chi connectivity index (χ2n) is 5.38. The summed E-state index contributed by atoms with van der Waals surface area (Å²) >= 11 is 11.7. The van der Waals surface area contributed by atoms with E-state index in [0.29, 0.717) is 11.4 Å². The minimum absolute atomic E-state index is 0.184. The average molecular weight is 401 g/mol. The molecular formula is C17H18Cl2N2O5. The van der Waals surface area contributed by atoms with Crippen LogP contribution in [-0.2, 0) is 14.3 Å². The van der Waals surface area contributed by atoms with Crippen LogP contribution in [0.4, 0.5) is 4.79 Å². The first-order valence-corrected chi connectivity index (χ1v) is 8.72. The number of rotatable bonds is 6. The van der Waals surface area contributed by atoms with Gasteiger partial charge < -0.3 is 20.1 Å². The van der Waals surface area contributed by atoms with E-state index in [1.54, 1.807) is 6.92 Å². The zero-order valence-corrected chi connectivity index (χ0v) is 15.7. The van der Waals surface area contributed by atoms with Gasteiger partial charge >= 0.3 is 18.0 Å². The second-order valence-corrected chi connectivity index (χ2v) is 6.19. The van der Waals surface area contributed by atoms with Gasteiger partial charge in [0.15, 0.2) is 0 Å². The molecule has 2 rings (SSSR count). The zero-order chi connectivity index (χ0) is 19.3. The molecule has 1 aromatic rings. The summed E-state index contributed by atoms with van der Waals surface area (Å²) in [6.45, 7) is 3.38. The van der Waals surface area contributed by atoms with Gasteiger partial charge in [0.2, 0.25) is 0 Å². The second kappa shape index (κ2) is 8.91. The molecule has 1 aliphatic rings. The number of hydrogen-bond donors (Lipinski definition) is 2. The van der Waals surface area contributed by atoms with Crippen molar-refractivity contribution in [1.29, 1.82) is 0 Å². The molecule has 0 radical (unpaired) electrons. The van der Waals surface area contributed by atoms with Gasteiger partial charge in [0, 0.05) is 0 Å². The van der Waals surface area contributed by atoms with E-state index in [1.165, 1.54) is 18.2 Å². The normalized spacial score (nSPS) is 16.6. The summed E-state index contributed by atoms with van der Waals surface area (Å²) in [4.78, 5) is 36.2. The van der Waals surface area contributed by atoms with Crippen molar-refractivity contribution >= 4 is 41.2 Å². The van der Waals surface area contributed by atoms with Crippen molar-refractivity contribution in [3.8, 4) is 0 Å². The summed E-state index contributed by atoms with van der Waals surface area (Å²) in [7, 11) is 0. The summed E-state index contributed by atoms with van der Waals surface area (Å²) in [5, 5.41) is 5.67. The lowest BCUT2D eigenvalue weighted by Gasteiger charge is -2.28. The van der Waals surface area contributed by atoms with Gasteiger partial charge in [-0.15, -0.1) is 0 Å². The SMILES string of the molecule is CCOC(=O)C1=C(COC(=O)c2ccc(Cl)c(Cl)c2)NC(=O)N[C@H]1CC. The van der Waals surface area contributed by atoms with Crippen LogP contribution in [0.25, 0.3) is 0 Å². The smallest absolute Gasteiger partial charge is 0.338 e. The summed E-state index contributed by atoms with van der Waals surface area (Å²) in [6.07, 6.45) is 0.478. The van der Waals surface area contributed by atoms with Crippen molar-refractivity contribution in [2.45, 2.75) is 26.3 Å². The molecule has 9 heteroatoms. The largest absolute Gasteiger partial charge is 0.463 e. The maximum atomic E-state index is 12.2. The van der Waals surface area contributed by atoms with E-state index in [4.69, 9.17) is 32.7 Å². The molecule has 1 atom stereocenters. The standard InChI is InChI=1S/C17H18Cl2N2O5/c1-3-12-14(16(23)25-4-2)13(21-17(24)20-12)8-26-15(22)9-5-6-10(18)11(19)7-9/h5-7,12H,3-4,8H2,1-2H3,(H2,20,21,24)/t12-/m0/s1. The molecule has 1 aliphatic heterocycles. The lowest BCUT2D eigenvalue weighted by molar-refractivity contribution is -0.139. The zero-order valence-electron chi connectivity index (χ0n) is 14.2. The Morgan fingerprint density at radius 2 is 1.85 bits per heavy atom. The van der Waals surface area contributed by atoms with Crippen LogP contribution in [0, 0.1) is 0 Å². The van der Waals surface area contributed by atoms with Crippen LogP contribution in [0.1, 0.15) is 30.6 Å². The van der Waals surface area contributed by atoms with Gasteiger partial charge in [0.05, 0.1) is 39.5 Å². The van der Waals surface area contributed by atoms with Crippen LogP contribution >= 0.6 is 23.2 Å². The Morgan fingerprint density at radius 1 is 1.12 bits per heavy atom. The highest BCUT2D eigenvalue weighted by Gasteiger charge is 2.32. The molecule has 2 amide bonds. The third-order valence-electron chi connectivity index (χ3n) is 3.65. The molecule has 0 bridgehead atoms. The fraction of sp³-hybridized carbons (Fsp3) is 0.353. The number of benzene rings is 1. The maximum absolute atomic E-state index is 12.2. The van der Waals surface area contributed by atoms with Crippen molar-refractivity contribution in [3.05, 3.63) is 45.1 Å². The quantitative estimate of drug-likeness (QED) is 0.715. The Labute approximate surface area is 160 Å². The van der Waals surface area contributed by atoms with Crippen LogP contribution in [-0.4, -0.2) is 37.2 Å². The highest BCUT2D eigenvalue weighted by molar-refractivity contribution is 6.42. The maximum Gasteiger partial charge on any atom is 0.338 e.